The van der Waals surface area contributed by atoms with Crippen molar-refractivity contribution in [1.82, 2.24) is 14.5 Å². The lowest BCUT2D eigenvalue weighted by Gasteiger charge is -2.38. The quantitative estimate of drug-likeness (QED) is 0.808. The number of hydrogen-bond donors (Lipinski definition) is 0. The average Bonchev–Trinajstić information content (AvgIpc) is 3.09. The minimum atomic E-state index is -0.314. The van der Waals surface area contributed by atoms with Crippen LogP contribution in [0.4, 0.5) is 5.82 Å². The SMILES string of the molecule is CC(C)OC(=O)c1cccnc1N1CC[C@H](C)[C@H](n2ccnc2)C1. The number of pyridine rings is 1. The Labute approximate surface area is 142 Å². The Morgan fingerprint density at radius 1 is 1.38 bits per heavy atom. The molecular weight excluding hydrogens is 304 g/mol. The molecule has 0 aromatic carbocycles. The van der Waals surface area contributed by atoms with Crippen molar-refractivity contribution in [3.8, 4) is 0 Å². The third-order valence-electron chi connectivity index (χ3n) is 4.48. The summed E-state index contributed by atoms with van der Waals surface area (Å²) in [6.45, 7) is 7.65. The van der Waals surface area contributed by atoms with Gasteiger partial charge < -0.3 is 14.2 Å². The van der Waals surface area contributed by atoms with Gasteiger partial charge in [-0.25, -0.2) is 14.8 Å². The van der Waals surface area contributed by atoms with Gasteiger partial charge in [-0.2, -0.15) is 0 Å². The van der Waals surface area contributed by atoms with Crippen LogP contribution in [0.2, 0.25) is 0 Å². The standard InChI is InChI=1S/C18H24N4O2/c1-13(2)24-18(23)15-5-4-7-20-17(15)21-9-6-14(3)16(11-21)22-10-8-19-12-22/h4-5,7-8,10,12-14,16H,6,9,11H2,1-3H3/t14-,16+/m0/s1. The molecule has 1 aliphatic rings. The van der Waals surface area contributed by atoms with Gasteiger partial charge in [-0.15, -0.1) is 0 Å². The van der Waals surface area contributed by atoms with Crippen molar-refractivity contribution in [3.63, 3.8) is 0 Å². The van der Waals surface area contributed by atoms with E-state index >= 15 is 0 Å². The Kier molecular flexibility index (Phi) is 4.83. The lowest BCUT2D eigenvalue weighted by atomic mass is 9.93. The molecule has 2 aromatic heterocycles. The Hall–Kier alpha value is -2.37. The Bertz CT molecular complexity index is 684. The van der Waals surface area contributed by atoms with E-state index in [9.17, 15) is 4.79 Å². The number of carbonyl (C=O) groups excluding carboxylic acids is 1. The molecule has 128 valence electrons. The van der Waals surface area contributed by atoms with Crippen molar-refractivity contribution in [3.05, 3.63) is 42.6 Å². The van der Waals surface area contributed by atoms with E-state index in [0.717, 1.165) is 19.5 Å². The number of imidazole rings is 1. The summed E-state index contributed by atoms with van der Waals surface area (Å²) >= 11 is 0. The highest BCUT2D eigenvalue weighted by molar-refractivity contribution is 5.94. The molecule has 3 rings (SSSR count). The maximum absolute atomic E-state index is 12.4. The first kappa shape index (κ1) is 16.5. The summed E-state index contributed by atoms with van der Waals surface area (Å²) < 4.78 is 7.51. The fourth-order valence-electron chi connectivity index (χ4n) is 3.18. The normalized spacial score (nSPS) is 21.1. The second-order valence-electron chi connectivity index (χ2n) is 6.62. The molecule has 0 unspecified atom stereocenters. The molecule has 0 bridgehead atoms. The maximum Gasteiger partial charge on any atom is 0.342 e. The molecule has 0 amide bonds. The van der Waals surface area contributed by atoms with Gasteiger partial charge in [0.1, 0.15) is 11.4 Å². The van der Waals surface area contributed by atoms with Crippen LogP contribution in [0.25, 0.3) is 0 Å². The highest BCUT2D eigenvalue weighted by atomic mass is 16.5. The first-order valence-corrected chi connectivity index (χ1v) is 8.44. The lowest BCUT2D eigenvalue weighted by molar-refractivity contribution is 0.0378. The van der Waals surface area contributed by atoms with Crippen LogP contribution in [0.3, 0.4) is 0 Å². The largest absolute Gasteiger partial charge is 0.459 e. The molecule has 1 fully saturated rings. The van der Waals surface area contributed by atoms with E-state index < -0.39 is 0 Å². The van der Waals surface area contributed by atoms with E-state index in [4.69, 9.17) is 4.74 Å². The average molecular weight is 328 g/mol. The zero-order valence-corrected chi connectivity index (χ0v) is 14.4. The van der Waals surface area contributed by atoms with Crippen LogP contribution in [-0.4, -0.2) is 39.7 Å². The molecule has 3 heterocycles. The van der Waals surface area contributed by atoms with Crippen molar-refractivity contribution in [2.45, 2.75) is 39.3 Å². The Morgan fingerprint density at radius 2 is 2.21 bits per heavy atom. The topological polar surface area (TPSA) is 60.2 Å². The van der Waals surface area contributed by atoms with Crippen LogP contribution >= 0.6 is 0 Å². The van der Waals surface area contributed by atoms with Gasteiger partial charge in [-0.05, 0) is 38.3 Å². The van der Waals surface area contributed by atoms with E-state index in [1.54, 1.807) is 24.5 Å². The lowest BCUT2D eigenvalue weighted by Crippen LogP contribution is -2.41. The van der Waals surface area contributed by atoms with Gasteiger partial charge in [-0.3, -0.25) is 0 Å². The van der Waals surface area contributed by atoms with Crippen LogP contribution in [0.15, 0.2) is 37.1 Å². The van der Waals surface area contributed by atoms with Gasteiger partial charge in [0.05, 0.1) is 18.5 Å². The van der Waals surface area contributed by atoms with Crippen molar-refractivity contribution in [1.29, 1.82) is 0 Å². The monoisotopic (exact) mass is 328 g/mol. The number of aromatic nitrogens is 3. The van der Waals surface area contributed by atoms with E-state index in [2.05, 4.69) is 26.4 Å². The molecule has 1 aliphatic heterocycles. The van der Waals surface area contributed by atoms with Gasteiger partial charge in [0.2, 0.25) is 0 Å². The molecule has 1 saturated heterocycles. The van der Waals surface area contributed by atoms with Crippen molar-refractivity contribution in [2.24, 2.45) is 5.92 Å². The van der Waals surface area contributed by atoms with Crippen LogP contribution in [0, 0.1) is 5.92 Å². The molecular formula is C18H24N4O2. The zero-order valence-electron chi connectivity index (χ0n) is 14.4. The summed E-state index contributed by atoms with van der Waals surface area (Å²) in [5.41, 5.74) is 0.533. The first-order valence-electron chi connectivity index (χ1n) is 8.44. The molecule has 0 saturated carbocycles. The summed E-state index contributed by atoms with van der Waals surface area (Å²) in [6.07, 6.45) is 8.28. The Balaban J connectivity index is 1.85. The molecule has 6 heteroatoms. The second kappa shape index (κ2) is 7.03. The van der Waals surface area contributed by atoms with Crippen LogP contribution in [0.1, 0.15) is 43.6 Å². The molecule has 6 nitrogen and oxygen atoms in total. The predicted octanol–water partition coefficient (Wildman–Crippen LogP) is 2.93. The molecule has 0 spiro atoms. The minimum Gasteiger partial charge on any atom is -0.459 e. The van der Waals surface area contributed by atoms with Gasteiger partial charge in [0.15, 0.2) is 0 Å². The number of esters is 1. The maximum atomic E-state index is 12.4. The number of piperidine rings is 1. The van der Waals surface area contributed by atoms with Crippen molar-refractivity contribution >= 4 is 11.8 Å². The van der Waals surface area contributed by atoms with Gasteiger partial charge in [-0.1, -0.05) is 6.92 Å². The third-order valence-corrected chi connectivity index (χ3v) is 4.48. The van der Waals surface area contributed by atoms with Gasteiger partial charge >= 0.3 is 5.97 Å². The number of carbonyl (C=O) groups is 1. The zero-order chi connectivity index (χ0) is 17.1. The number of ether oxygens (including phenoxy) is 1. The van der Waals surface area contributed by atoms with Gasteiger partial charge in [0, 0.05) is 31.7 Å². The second-order valence-corrected chi connectivity index (χ2v) is 6.62. The molecule has 0 aliphatic carbocycles. The predicted molar refractivity (Wildman–Crippen MR) is 92.0 cm³/mol. The molecule has 2 atom stereocenters. The molecule has 0 radical (unpaired) electrons. The number of anilines is 1. The van der Waals surface area contributed by atoms with E-state index in [-0.39, 0.29) is 12.1 Å². The number of nitrogens with zero attached hydrogens (tertiary/aromatic N) is 4. The highest BCUT2D eigenvalue weighted by Crippen LogP contribution is 2.31. The number of rotatable bonds is 4. The van der Waals surface area contributed by atoms with Crippen molar-refractivity contribution < 1.29 is 9.53 Å². The summed E-state index contributed by atoms with van der Waals surface area (Å²) in [7, 11) is 0. The van der Waals surface area contributed by atoms with Crippen LogP contribution < -0.4 is 4.90 Å². The highest BCUT2D eigenvalue weighted by Gasteiger charge is 2.30. The smallest absolute Gasteiger partial charge is 0.342 e. The summed E-state index contributed by atoms with van der Waals surface area (Å²) in [6, 6.07) is 3.88. The first-order chi connectivity index (χ1) is 11.6. The minimum absolute atomic E-state index is 0.148. The fraction of sp³-hybridized carbons (Fsp3) is 0.500. The third kappa shape index (κ3) is 3.42. The molecule has 24 heavy (non-hydrogen) atoms. The Morgan fingerprint density at radius 3 is 2.92 bits per heavy atom. The fourth-order valence-corrected chi connectivity index (χ4v) is 3.18. The van der Waals surface area contributed by atoms with Crippen LogP contribution in [-0.2, 0) is 4.74 Å². The summed E-state index contributed by atoms with van der Waals surface area (Å²) in [5, 5.41) is 0. The van der Waals surface area contributed by atoms with E-state index in [0.29, 0.717) is 23.3 Å². The van der Waals surface area contributed by atoms with E-state index in [1.165, 1.54) is 0 Å². The van der Waals surface area contributed by atoms with Gasteiger partial charge in [0.25, 0.3) is 0 Å². The molecule has 2 aromatic rings. The van der Waals surface area contributed by atoms with Crippen molar-refractivity contribution in [2.75, 3.05) is 18.0 Å². The molecule has 0 N–H and O–H groups in total. The van der Waals surface area contributed by atoms with Crippen LogP contribution in [0.5, 0.6) is 0 Å². The number of hydrogen-bond acceptors (Lipinski definition) is 5. The van der Waals surface area contributed by atoms with E-state index in [1.807, 2.05) is 26.4 Å². The summed E-state index contributed by atoms with van der Waals surface area (Å²) in [4.78, 5) is 23.2. The summed E-state index contributed by atoms with van der Waals surface area (Å²) in [5.74, 6) is 0.941.